The molecule has 9 heteroatoms. The Balaban J connectivity index is 1.51. The largest absolute Gasteiger partial charge is 0.427 e. The molecule has 2 fully saturated rings. The Morgan fingerprint density at radius 3 is 2.57 bits per heavy atom. The Labute approximate surface area is 167 Å². The van der Waals surface area contributed by atoms with Crippen molar-refractivity contribution < 1.29 is 19.1 Å². The maximum absolute atomic E-state index is 12.2. The maximum atomic E-state index is 12.2. The fraction of sp³-hybridized carbons (Fsp3) is 0.421. The highest BCUT2D eigenvalue weighted by Crippen LogP contribution is 2.24. The van der Waals surface area contributed by atoms with E-state index in [2.05, 4.69) is 20.8 Å². The van der Waals surface area contributed by atoms with Gasteiger partial charge in [-0.15, -0.1) is 5.10 Å². The lowest BCUT2D eigenvalue weighted by Crippen LogP contribution is -2.28. The van der Waals surface area contributed by atoms with Crippen molar-refractivity contribution in [2.24, 2.45) is 10.2 Å². The SMILES string of the molecule is CC(=O)Oc1ccc(NC(=O)C[C@@H]2S/C(=N\N=C3CCCCC3)NC2=O)cc1. The zero-order valence-electron chi connectivity index (χ0n) is 15.6. The minimum Gasteiger partial charge on any atom is -0.427 e. The molecule has 0 radical (unpaired) electrons. The van der Waals surface area contributed by atoms with Crippen LogP contribution in [0, 0.1) is 0 Å². The summed E-state index contributed by atoms with van der Waals surface area (Å²) >= 11 is 1.22. The van der Waals surface area contributed by atoms with Gasteiger partial charge in [-0.2, -0.15) is 5.10 Å². The second-order valence-electron chi connectivity index (χ2n) is 6.60. The normalized spacial score (nSPS) is 20.6. The zero-order valence-corrected chi connectivity index (χ0v) is 16.4. The Hall–Kier alpha value is -2.68. The topological polar surface area (TPSA) is 109 Å². The van der Waals surface area contributed by atoms with Crippen molar-refractivity contribution in [3.8, 4) is 5.75 Å². The Morgan fingerprint density at radius 2 is 1.89 bits per heavy atom. The van der Waals surface area contributed by atoms with Gasteiger partial charge in [0, 0.05) is 24.7 Å². The van der Waals surface area contributed by atoms with Crippen LogP contribution in [-0.2, 0) is 14.4 Å². The molecule has 0 aromatic heterocycles. The second-order valence-corrected chi connectivity index (χ2v) is 7.79. The van der Waals surface area contributed by atoms with Gasteiger partial charge in [-0.25, -0.2) is 0 Å². The van der Waals surface area contributed by atoms with Gasteiger partial charge in [0.05, 0.1) is 0 Å². The molecule has 1 aromatic rings. The van der Waals surface area contributed by atoms with Crippen LogP contribution in [0.25, 0.3) is 0 Å². The van der Waals surface area contributed by atoms with Crippen molar-refractivity contribution in [3.63, 3.8) is 0 Å². The molecule has 0 unspecified atom stereocenters. The molecule has 3 rings (SSSR count). The first kappa shape index (κ1) is 20.1. The van der Waals surface area contributed by atoms with E-state index in [4.69, 9.17) is 4.74 Å². The number of carbonyl (C=O) groups excluding carboxylic acids is 3. The molecule has 0 bridgehead atoms. The number of thioether (sulfide) groups is 1. The number of hydrogen-bond acceptors (Lipinski definition) is 7. The Bertz CT molecular complexity index is 812. The van der Waals surface area contributed by atoms with Gasteiger partial charge >= 0.3 is 5.97 Å². The van der Waals surface area contributed by atoms with E-state index in [9.17, 15) is 14.4 Å². The summed E-state index contributed by atoms with van der Waals surface area (Å²) in [6.45, 7) is 1.32. The molecule has 2 N–H and O–H groups in total. The first-order valence-corrected chi connectivity index (χ1v) is 10.1. The number of carbonyl (C=O) groups is 3. The first-order chi connectivity index (χ1) is 13.5. The van der Waals surface area contributed by atoms with Crippen molar-refractivity contribution in [2.75, 3.05) is 5.32 Å². The Kier molecular flexibility index (Phi) is 6.80. The highest BCUT2D eigenvalue weighted by molar-refractivity contribution is 8.15. The van der Waals surface area contributed by atoms with Crippen LogP contribution in [0.1, 0.15) is 45.4 Å². The molecule has 1 saturated heterocycles. The number of nitrogens with one attached hydrogen (secondary N) is 2. The fourth-order valence-electron chi connectivity index (χ4n) is 2.92. The van der Waals surface area contributed by atoms with Crippen LogP contribution >= 0.6 is 11.8 Å². The predicted molar refractivity (Wildman–Crippen MR) is 108 cm³/mol. The van der Waals surface area contributed by atoms with Crippen LogP contribution in [0.4, 0.5) is 5.69 Å². The van der Waals surface area contributed by atoms with E-state index in [1.807, 2.05) is 0 Å². The molecular formula is C19H22N4O4S. The Morgan fingerprint density at radius 1 is 1.18 bits per heavy atom. The van der Waals surface area contributed by atoms with Gasteiger partial charge in [0.25, 0.3) is 0 Å². The third-order valence-electron chi connectivity index (χ3n) is 4.26. The van der Waals surface area contributed by atoms with Gasteiger partial charge in [0.1, 0.15) is 11.0 Å². The molecule has 1 aliphatic heterocycles. The summed E-state index contributed by atoms with van der Waals surface area (Å²) in [7, 11) is 0. The van der Waals surface area contributed by atoms with Gasteiger partial charge in [-0.1, -0.05) is 18.2 Å². The van der Waals surface area contributed by atoms with Crippen LogP contribution in [0.2, 0.25) is 0 Å². The molecule has 0 spiro atoms. The summed E-state index contributed by atoms with van der Waals surface area (Å²) in [5.74, 6) is -0.538. The van der Waals surface area contributed by atoms with E-state index in [1.165, 1.54) is 25.1 Å². The summed E-state index contributed by atoms with van der Waals surface area (Å²) in [5, 5.41) is 13.7. The van der Waals surface area contributed by atoms with Crippen molar-refractivity contribution >= 4 is 46.1 Å². The predicted octanol–water partition coefficient (Wildman–Crippen LogP) is 2.85. The summed E-state index contributed by atoms with van der Waals surface area (Å²) in [4.78, 5) is 35.2. The molecule has 1 heterocycles. The molecule has 28 heavy (non-hydrogen) atoms. The molecule has 1 aromatic carbocycles. The van der Waals surface area contributed by atoms with Gasteiger partial charge in [0.15, 0.2) is 5.17 Å². The lowest BCUT2D eigenvalue weighted by molar-refractivity contribution is -0.131. The third-order valence-corrected chi connectivity index (χ3v) is 5.33. The monoisotopic (exact) mass is 402 g/mol. The number of nitrogens with zero attached hydrogens (tertiary/aromatic N) is 2. The minimum absolute atomic E-state index is 0.0256. The van der Waals surface area contributed by atoms with Gasteiger partial charge in [0.2, 0.25) is 11.8 Å². The van der Waals surface area contributed by atoms with E-state index in [-0.39, 0.29) is 18.2 Å². The lowest BCUT2D eigenvalue weighted by Gasteiger charge is -2.10. The number of amides is 2. The molecule has 1 atom stereocenters. The van der Waals surface area contributed by atoms with Crippen molar-refractivity contribution in [1.29, 1.82) is 0 Å². The van der Waals surface area contributed by atoms with E-state index in [0.29, 0.717) is 16.6 Å². The number of hydrogen-bond donors (Lipinski definition) is 2. The maximum Gasteiger partial charge on any atom is 0.308 e. The second kappa shape index (κ2) is 9.50. The smallest absolute Gasteiger partial charge is 0.308 e. The van der Waals surface area contributed by atoms with Crippen molar-refractivity contribution in [2.45, 2.75) is 50.7 Å². The van der Waals surface area contributed by atoms with Crippen LogP contribution in [0.3, 0.4) is 0 Å². The van der Waals surface area contributed by atoms with E-state index in [1.54, 1.807) is 24.3 Å². The van der Waals surface area contributed by atoms with Crippen molar-refractivity contribution in [1.82, 2.24) is 5.32 Å². The number of benzene rings is 1. The summed E-state index contributed by atoms with van der Waals surface area (Å²) in [6.07, 6.45) is 5.43. The molecular weight excluding hydrogens is 380 g/mol. The van der Waals surface area contributed by atoms with Crippen molar-refractivity contribution in [3.05, 3.63) is 24.3 Å². The summed E-state index contributed by atoms with van der Waals surface area (Å²) in [6, 6.07) is 6.43. The van der Waals surface area contributed by atoms with Gasteiger partial charge < -0.3 is 15.4 Å². The standard InChI is InChI=1S/C19H22N4O4S/c1-12(24)27-15-9-7-13(8-10-15)20-17(25)11-16-18(26)21-19(28-16)23-22-14-5-3-2-4-6-14/h7-10,16H,2-6,11H2,1H3,(H,20,25)(H,21,23,26)/t16-/m0/s1. The van der Waals surface area contributed by atoms with Gasteiger partial charge in [-0.05, 0) is 49.9 Å². The average molecular weight is 402 g/mol. The number of esters is 1. The molecule has 148 valence electrons. The molecule has 2 amide bonds. The highest BCUT2D eigenvalue weighted by atomic mass is 32.2. The van der Waals surface area contributed by atoms with E-state index in [0.717, 1.165) is 31.4 Å². The zero-order chi connectivity index (χ0) is 19.9. The number of ether oxygens (including phenoxy) is 1. The molecule has 8 nitrogen and oxygen atoms in total. The summed E-state index contributed by atoms with van der Waals surface area (Å²) in [5.41, 5.74) is 1.62. The molecule has 1 saturated carbocycles. The lowest BCUT2D eigenvalue weighted by atomic mass is 9.99. The third kappa shape index (κ3) is 5.91. The fourth-order valence-corrected chi connectivity index (χ4v) is 3.83. The summed E-state index contributed by atoms with van der Waals surface area (Å²) < 4.78 is 4.94. The highest BCUT2D eigenvalue weighted by Gasteiger charge is 2.32. The number of anilines is 1. The van der Waals surface area contributed by atoms with Crippen LogP contribution in [0.5, 0.6) is 5.75 Å². The van der Waals surface area contributed by atoms with E-state index < -0.39 is 11.2 Å². The molecule has 2 aliphatic rings. The van der Waals surface area contributed by atoms with E-state index >= 15 is 0 Å². The number of rotatable bonds is 5. The quantitative estimate of drug-likeness (QED) is 0.447. The average Bonchev–Trinajstić information content (AvgIpc) is 3.01. The van der Waals surface area contributed by atoms with Crippen LogP contribution in [-0.4, -0.2) is 33.9 Å². The molecule has 1 aliphatic carbocycles. The van der Waals surface area contributed by atoms with Crippen LogP contribution < -0.4 is 15.4 Å². The van der Waals surface area contributed by atoms with Gasteiger partial charge in [-0.3, -0.25) is 14.4 Å². The number of amidine groups is 1. The minimum atomic E-state index is -0.536. The first-order valence-electron chi connectivity index (χ1n) is 9.19. The van der Waals surface area contributed by atoms with Crippen LogP contribution in [0.15, 0.2) is 34.5 Å².